The third-order valence-corrected chi connectivity index (χ3v) is 3.27. The van der Waals surface area contributed by atoms with Crippen LogP contribution in [0.1, 0.15) is 59.3 Å². The average Bonchev–Trinajstić information content (AvgIpc) is 2.66. The van der Waals surface area contributed by atoms with Gasteiger partial charge in [0, 0.05) is 0 Å². The van der Waals surface area contributed by atoms with Gasteiger partial charge in [0.2, 0.25) is 0 Å². The summed E-state index contributed by atoms with van der Waals surface area (Å²) in [6.07, 6.45) is 5.15. The highest BCUT2D eigenvalue weighted by molar-refractivity contribution is 5.78. The van der Waals surface area contributed by atoms with Gasteiger partial charge in [0.25, 0.3) is 0 Å². The summed E-state index contributed by atoms with van der Waals surface area (Å²) < 4.78 is 5.18. The molecule has 1 atom stereocenters. The zero-order valence-corrected chi connectivity index (χ0v) is 11.6. The molecule has 4 nitrogen and oxygen atoms in total. The van der Waals surface area contributed by atoms with Crippen molar-refractivity contribution in [3.8, 4) is 0 Å². The molecule has 0 amide bonds. The summed E-state index contributed by atoms with van der Waals surface area (Å²) >= 11 is 0. The lowest BCUT2D eigenvalue weighted by Crippen LogP contribution is -2.28. The molecule has 1 N–H and O–H groups in total. The van der Waals surface area contributed by atoms with Crippen molar-refractivity contribution < 1.29 is 19.4 Å². The van der Waals surface area contributed by atoms with E-state index in [1.165, 1.54) is 12.8 Å². The monoisotopic (exact) mass is 256 g/mol. The molecule has 4 heteroatoms. The van der Waals surface area contributed by atoms with Crippen molar-refractivity contribution in [2.24, 2.45) is 11.8 Å². The fourth-order valence-electron chi connectivity index (χ4n) is 2.50. The number of esters is 1. The normalized spacial score (nSPS) is 18.6. The zero-order valence-electron chi connectivity index (χ0n) is 11.6. The molecule has 1 rings (SSSR count). The minimum atomic E-state index is -0.882. The lowest BCUT2D eigenvalue weighted by Gasteiger charge is -2.22. The van der Waals surface area contributed by atoms with E-state index in [2.05, 4.69) is 0 Å². The molecular weight excluding hydrogens is 232 g/mol. The highest BCUT2D eigenvalue weighted by Crippen LogP contribution is 2.31. The molecule has 1 unspecified atom stereocenters. The van der Waals surface area contributed by atoms with Gasteiger partial charge in [0.1, 0.15) is 5.60 Å². The molecule has 0 aliphatic heterocycles. The predicted molar refractivity (Wildman–Crippen MR) is 68.2 cm³/mol. The number of aliphatic carboxylic acids is 1. The van der Waals surface area contributed by atoms with Crippen LogP contribution in [0.25, 0.3) is 0 Å². The third kappa shape index (κ3) is 5.52. The first kappa shape index (κ1) is 15.0. The quantitative estimate of drug-likeness (QED) is 0.768. The Kier molecular flexibility index (Phi) is 5.17. The number of carbonyl (C=O) groups is 2. The molecule has 0 heterocycles. The molecule has 0 saturated heterocycles. The van der Waals surface area contributed by atoms with Gasteiger partial charge in [-0.25, -0.2) is 0 Å². The van der Waals surface area contributed by atoms with E-state index in [9.17, 15) is 14.7 Å². The molecule has 0 aromatic heterocycles. The van der Waals surface area contributed by atoms with E-state index >= 15 is 0 Å². The second kappa shape index (κ2) is 6.21. The summed E-state index contributed by atoms with van der Waals surface area (Å²) in [4.78, 5) is 22.8. The third-order valence-electron chi connectivity index (χ3n) is 3.27. The van der Waals surface area contributed by atoms with Crippen molar-refractivity contribution in [3.05, 3.63) is 0 Å². The molecule has 1 aliphatic carbocycles. The van der Waals surface area contributed by atoms with E-state index in [-0.39, 0.29) is 6.42 Å². The Morgan fingerprint density at radius 3 is 2.28 bits per heavy atom. The fraction of sp³-hybridized carbons (Fsp3) is 0.857. The van der Waals surface area contributed by atoms with Crippen LogP contribution in [0.5, 0.6) is 0 Å². The molecule has 1 fully saturated rings. The maximum atomic E-state index is 11.7. The number of hydrogen-bond acceptors (Lipinski definition) is 3. The van der Waals surface area contributed by atoms with Crippen LogP contribution in [0, 0.1) is 11.8 Å². The van der Waals surface area contributed by atoms with Gasteiger partial charge in [-0.15, -0.1) is 0 Å². The molecular formula is C14H24O4. The van der Waals surface area contributed by atoms with Gasteiger partial charge < -0.3 is 9.84 Å². The zero-order chi connectivity index (χ0) is 13.8. The Bertz CT molecular complexity index is 297. The average molecular weight is 256 g/mol. The van der Waals surface area contributed by atoms with E-state index in [0.29, 0.717) is 12.3 Å². The van der Waals surface area contributed by atoms with Gasteiger partial charge >= 0.3 is 11.9 Å². The summed E-state index contributed by atoms with van der Waals surface area (Å²) in [5.74, 6) is -1.42. The molecule has 1 aliphatic rings. The van der Waals surface area contributed by atoms with E-state index < -0.39 is 23.5 Å². The molecule has 0 radical (unpaired) electrons. The van der Waals surface area contributed by atoms with Gasteiger partial charge in [0.15, 0.2) is 0 Å². The standard InChI is InChI=1S/C14H24O4/c1-14(2,3)18-12(15)9-11(13(16)17)8-10-6-4-5-7-10/h10-11H,4-9H2,1-3H3,(H,16,17). The molecule has 104 valence electrons. The second-order valence-corrected chi connectivity index (χ2v) is 6.21. The van der Waals surface area contributed by atoms with E-state index in [0.717, 1.165) is 12.8 Å². The first-order valence-corrected chi connectivity index (χ1v) is 6.72. The first-order valence-electron chi connectivity index (χ1n) is 6.72. The summed E-state index contributed by atoms with van der Waals surface area (Å²) in [6.45, 7) is 5.37. The lowest BCUT2D eigenvalue weighted by molar-refractivity contribution is -0.160. The topological polar surface area (TPSA) is 63.6 Å². The summed E-state index contributed by atoms with van der Waals surface area (Å²) in [7, 11) is 0. The Hall–Kier alpha value is -1.06. The SMILES string of the molecule is CC(C)(C)OC(=O)CC(CC1CCCC1)C(=O)O. The van der Waals surface area contributed by atoms with Crippen molar-refractivity contribution in [1.29, 1.82) is 0 Å². The second-order valence-electron chi connectivity index (χ2n) is 6.21. The lowest BCUT2D eigenvalue weighted by atomic mass is 9.91. The van der Waals surface area contributed by atoms with Crippen LogP contribution in [-0.2, 0) is 14.3 Å². The predicted octanol–water partition coefficient (Wildman–Crippen LogP) is 3.00. The van der Waals surface area contributed by atoms with Crippen molar-refractivity contribution >= 4 is 11.9 Å². The van der Waals surface area contributed by atoms with Crippen LogP contribution in [-0.4, -0.2) is 22.6 Å². The number of ether oxygens (including phenoxy) is 1. The molecule has 0 aromatic rings. The highest BCUT2D eigenvalue weighted by atomic mass is 16.6. The van der Waals surface area contributed by atoms with E-state index in [1.54, 1.807) is 20.8 Å². The minimum Gasteiger partial charge on any atom is -0.481 e. The van der Waals surface area contributed by atoms with Gasteiger partial charge in [-0.1, -0.05) is 25.7 Å². The minimum absolute atomic E-state index is 0.0108. The van der Waals surface area contributed by atoms with Crippen LogP contribution in [0.3, 0.4) is 0 Å². The summed E-state index contributed by atoms with van der Waals surface area (Å²) in [5, 5.41) is 9.17. The van der Waals surface area contributed by atoms with Gasteiger partial charge in [-0.3, -0.25) is 9.59 Å². The number of carboxylic acid groups (broad SMARTS) is 1. The largest absolute Gasteiger partial charge is 0.481 e. The Morgan fingerprint density at radius 2 is 1.83 bits per heavy atom. The highest BCUT2D eigenvalue weighted by Gasteiger charge is 2.28. The van der Waals surface area contributed by atoms with Gasteiger partial charge in [-0.05, 0) is 33.1 Å². The van der Waals surface area contributed by atoms with Crippen molar-refractivity contribution in [2.75, 3.05) is 0 Å². The van der Waals surface area contributed by atoms with Crippen LogP contribution in [0.4, 0.5) is 0 Å². The summed E-state index contributed by atoms with van der Waals surface area (Å²) in [5.41, 5.74) is -0.548. The molecule has 1 saturated carbocycles. The Balaban J connectivity index is 2.46. The van der Waals surface area contributed by atoms with E-state index in [1.807, 2.05) is 0 Å². The maximum absolute atomic E-state index is 11.7. The number of carboxylic acids is 1. The van der Waals surface area contributed by atoms with Crippen LogP contribution >= 0.6 is 0 Å². The Morgan fingerprint density at radius 1 is 1.28 bits per heavy atom. The summed E-state index contributed by atoms with van der Waals surface area (Å²) in [6, 6.07) is 0. The first-order chi connectivity index (χ1) is 8.28. The Labute approximate surface area is 109 Å². The van der Waals surface area contributed by atoms with Gasteiger partial charge in [0.05, 0.1) is 12.3 Å². The molecule has 0 spiro atoms. The van der Waals surface area contributed by atoms with Crippen LogP contribution < -0.4 is 0 Å². The van der Waals surface area contributed by atoms with Crippen molar-refractivity contribution in [2.45, 2.75) is 64.9 Å². The number of carbonyl (C=O) groups excluding carboxylic acids is 1. The smallest absolute Gasteiger partial charge is 0.307 e. The fourth-order valence-corrected chi connectivity index (χ4v) is 2.50. The molecule has 0 bridgehead atoms. The number of hydrogen-bond donors (Lipinski definition) is 1. The van der Waals surface area contributed by atoms with Crippen LogP contribution in [0.15, 0.2) is 0 Å². The molecule has 18 heavy (non-hydrogen) atoms. The van der Waals surface area contributed by atoms with E-state index in [4.69, 9.17) is 4.74 Å². The maximum Gasteiger partial charge on any atom is 0.307 e. The van der Waals surface area contributed by atoms with Crippen molar-refractivity contribution in [3.63, 3.8) is 0 Å². The van der Waals surface area contributed by atoms with Gasteiger partial charge in [-0.2, -0.15) is 0 Å². The van der Waals surface area contributed by atoms with Crippen LogP contribution in [0.2, 0.25) is 0 Å². The van der Waals surface area contributed by atoms with Crippen molar-refractivity contribution in [1.82, 2.24) is 0 Å². The number of rotatable bonds is 5. The molecule has 0 aromatic carbocycles.